The van der Waals surface area contributed by atoms with E-state index in [0.29, 0.717) is 21.9 Å². The molecule has 1 aliphatic rings. The van der Waals surface area contributed by atoms with Crippen LogP contribution >= 0.6 is 23.2 Å². The van der Waals surface area contributed by atoms with Gasteiger partial charge in [-0.05, 0) is 24.1 Å². The second kappa shape index (κ2) is 4.75. The first-order valence-electron chi connectivity index (χ1n) is 5.44. The van der Waals surface area contributed by atoms with Crippen LogP contribution in [0, 0.1) is 0 Å². The van der Waals surface area contributed by atoms with Gasteiger partial charge in [0.05, 0.1) is 6.04 Å². The third-order valence-corrected chi connectivity index (χ3v) is 3.44. The summed E-state index contributed by atoms with van der Waals surface area (Å²) in [5.41, 5.74) is 6.89. The topological polar surface area (TPSA) is 41.6 Å². The second-order valence-corrected chi connectivity index (χ2v) is 5.30. The minimum atomic E-state index is 0.246. The van der Waals surface area contributed by atoms with Gasteiger partial charge in [0, 0.05) is 30.1 Å². The molecular weight excluding hydrogens is 257 g/mol. The Morgan fingerprint density at radius 2 is 2.12 bits per heavy atom. The lowest BCUT2D eigenvalue weighted by atomic mass is 10.1. The molecule has 0 amide bonds. The first-order valence-corrected chi connectivity index (χ1v) is 6.20. The highest BCUT2D eigenvalue weighted by molar-refractivity contribution is 6.35. The minimum absolute atomic E-state index is 0.246. The number of benzene rings is 1. The van der Waals surface area contributed by atoms with E-state index in [1.807, 2.05) is 26.2 Å². The summed E-state index contributed by atoms with van der Waals surface area (Å²) in [5.74, 6) is 0.931. The maximum absolute atomic E-state index is 6.15. The van der Waals surface area contributed by atoms with Crippen LogP contribution in [0.15, 0.2) is 23.2 Å². The zero-order chi connectivity index (χ0) is 12.6. The monoisotopic (exact) mass is 271 g/mol. The highest BCUT2D eigenvalue weighted by Gasteiger charge is 2.39. The van der Waals surface area contributed by atoms with Gasteiger partial charge in [0.15, 0.2) is 5.96 Å². The van der Waals surface area contributed by atoms with Crippen LogP contribution in [0.25, 0.3) is 0 Å². The zero-order valence-corrected chi connectivity index (χ0v) is 11.3. The van der Waals surface area contributed by atoms with Crippen LogP contribution in [0.5, 0.6) is 0 Å². The van der Waals surface area contributed by atoms with E-state index in [-0.39, 0.29) is 6.04 Å². The van der Waals surface area contributed by atoms with Gasteiger partial charge in [-0.15, -0.1) is 0 Å². The Kier molecular flexibility index (Phi) is 3.50. The molecule has 92 valence electrons. The number of guanidine groups is 1. The average molecular weight is 272 g/mol. The summed E-state index contributed by atoms with van der Waals surface area (Å²) in [7, 11) is 3.76. The van der Waals surface area contributed by atoms with Gasteiger partial charge in [-0.25, -0.2) is 4.99 Å². The molecule has 2 N–H and O–H groups in total. The van der Waals surface area contributed by atoms with Crippen molar-refractivity contribution in [1.29, 1.82) is 0 Å². The molecule has 1 aromatic rings. The largest absolute Gasteiger partial charge is 0.370 e. The molecule has 1 fully saturated rings. The number of nitrogens with zero attached hydrogens (tertiary/aromatic N) is 2. The summed E-state index contributed by atoms with van der Waals surface area (Å²) in [6.45, 7) is 0. The predicted octanol–water partition coefficient (Wildman–Crippen LogP) is 2.73. The van der Waals surface area contributed by atoms with E-state index in [4.69, 9.17) is 28.9 Å². The molecule has 0 aliphatic heterocycles. The van der Waals surface area contributed by atoms with Crippen molar-refractivity contribution in [2.75, 3.05) is 14.1 Å². The van der Waals surface area contributed by atoms with Crippen molar-refractivity contribution < 1.29 is 0 Å². The maximum Gasteiger partial charge on any atom is 0.191 e. The fourth-order valence-corrected chi connectivity index (χ4v) is 2.29. The molecule has 0 spiro atoms. The fourth-order valence-electron chi connectivity index (χ4n) is 1.75. The molecule has 2 rings (SSSR count). The van der Waals surface area contributed by atoms with Crippen molar-refractivity contribution in [3.8, 4) is 0 Å². The average Bonchev–Trinajstić information content (AvgIpc) is 2.96. The van der Waals surface area contributed by atoms with Gasteiger partial charge in [-0.1, -0.05) is 29.3 Å². The van der Waals surface area contributed by atoms with Gasteiger partial charge in [0.2, 0.25) is 0 Å². The molecule has 1 aromatic carbocycles. The molecule has 0 bridgehead atoms. The van der Waals surface area contributed by atoms with E-state index in [1.165, 1.54) is 0 Å². The van der Waals surface area contributed by atoms with Crippen LogP contribution in [0.3, 0.4) is 0 Å². The number of aliphatic imine (C=N–C) groups is 1. The summed E-state index contributed by atoms with van der Waals surface area (Å²) >= 11 is 12.0. The maximum atomic E-state index is 6.15. The number of rotatable bonds is 2. The zero-order valence-electron chi connectivity index (χ0n) is 9.82. The third-order valence-electron chi connectivity index (χ3n) is 2.88. The van der Waals surface area contributed by atoms with Crippen LogP contribution < -0.4 is 5.73 Å². The fraction of sp³-hybridized carbons (Fsp3) is 0.417. The van der Waals surface area contributed by atoms with E-state index in [0.717, 1.165) is 12.0 Å². The lowest BCUT2D eigenvalue weighted by Gasteiger charge is -2.10. The van der Waals surface area contributed by atoms with E-state index in [9.17, 15) is 0 Å². The van der Waals surface area contributed by atoms with Gasteiger partial charge >= 0.3 is 0 Å². The number of halogens is 2. The smallest absolute Gasteiger partial charge is 0.191 e. The molecule has 0 aromatic heterocycles. The summed E-state index contributed by atoms with van der Waals surface area (Å²) in [5, 5.41) is 1.37. The molecule has 2 atom stereocenters. The Bertz CT molecular complexity index is 457. The Hall–Kier alpha value is -0.930. The van der Waals surface area contributed by atoms with E-state index < -0.39 is 0 Å². The summed E-state index contributed by atoms with van der Waals surface area (Å²) in [6, 6.07) is 5.84. The standard InChI is InChI=1S/C12H15Cl2N3/c1-17(2)12(15)16-11-6-9(11)8-4-3-7(13)5-10(8)14/h3-5,9,11H,6H2,1-2H3,(H2,15,16)/t9-,11+/m0/s1. The number of nitrogens with two attached hydrogens (primary N) is 1. The highest BCUT2D eigenvalue weighted by Crippen LogP contribution is 2.46. The number of hydrogen-bond donors (Lipinski definition) is 1. The molecule has 5 heteroatoms. The van der Waals surface area contributed by atoms with E-state index in [1.54, 1.807) is 11.0 Å². The van der Waals surface area contributed by atoms with Crippen LogP contribution in [-0.2, 0) is 0 Å². The van der Waals surface area contributed by atoms with Gasteiger partial charge in [0.1, 0.15) is 0 Å². The van der Waals surface area contributed by atoms with Gasteiger partial charge in [-0.2, -0.15) is 0 Å². The van der Waals surface area contributed by atoms with Gasteiger partial charge in [-0.3, -0.25) is 0 Å². The summed E-state index contributed by atoms with van der Waals surface area (Å²) in [6.07, 6.45) is 0.996. The minimum Gasteiger partial charge on any atom is -0.370 e. The molecule has 0 unspecified atom stereocenters. The van der Waals surface area contributed by atoms with Crippen LogP contribution in [0.2, 0.25) is 10.0 Å². The van der Waals surface area contributed by atoms with Crippen molar-refractivity contribution >= 4 is 29.2 Å². The Labute approximate surface area is 111 Å². The molecule has 0 saturated heterocycles. The lowest BCUT2D eigenvalue weighted by molar-refractivity contribution is 0.608. The number of hydrogen-bond acceptors (Lipinski definition) is 1. The van der Waals surface area contributed by atoms with Gasteiger partial charge < -0.3 is 10.6 Å². The van der Waals surface area contributed by atoms with E-state index >= 15 is 0 Å². The highest BCUT2D eigenvalue weighted by atomic mass is 35.5. The Balaban J connectivity index is 2.10. The van der Waals surface area contributed by atoms with Crippen molar-refractivity contribution in [2.45, 2.75) is 18.4 Å². The Morgan fingerprint density at radius 3 is 2.71 bits per heavy atom. The van der Waals surface area contributed by atoms with Gasteiger partial charge in [0.25, 0.3) is 0 Å². The molecule has 1 saturated carbocycles. The third kappa shape index (κ3) is 2.85. The van der Waals surface area contributed by atoms with Crippen molar-refractivity contribution in [1.82, 2.24) is 4.90 Å². The summed E-state index contributed by atoms with van der Waals surface area (Å²) < 4.78 is 0. The van der Waals surface area contributed by atoms with Crippen molar-refractivity contribution in [2.24, 2.45) is 10.7 Å². The van der Waals surface area contributed by atoms with Crippen LogP contribution in [0.1, 0.15) is 17.9 Å². The molecule has 0 heterocycles. The van der Waals surface area contributed by atoms with Crippen LogP contribution in [-0.4, -0.2) is 31.0 Å². The predicted molar refractivity (Wildman–Crippen MR) is 72.9 cm³/mol. The normalized spacial score (nSPS) is 23.6. The Morgan fingerprint density at radius 1 is 1.41 bits per heavy atom. The molecular formula is C12H15Cl2N3. The quantitative estimate of drug-likeness (QED) is 0.664. The summed E-state index contributed by atoms with van der Waals surface area (Å²) in [4.78, 5) is 6.24. The molecule has 17 heavy (non-hydrogen) atoms. The molecule has 1 aliphatic carbocycles. The second-order valence-electron chi connectivity index (χ2n) is 4.46. The molecule has 0 radical (unpaired) electrons. The van der Waals surface area contributed by atoms with Crippen LogP contribution in [0.4, 0.5) is 0 Å². The first kappa shape index (κ1) is 12.5. The van der Waals surface area contributed by atoms with E-state index in [2.05, 4.69) is 4.99 Å². The van der Waals surface area contributed by atoms with Crippen molar-refractivity contribution in [3.05, 3.63) is 33.8 Å². The SMILES string of the molecule is CN(C)C(N)=N[C@@H]1C[C@H]1c1ccc(Cl)cc1Cl. The first-order chi connectivity index (χ1) is 7.99. The lowest BCUT2D eigenvalue weighted by Crippen LogP contribution is -2.30. The molecule has 3 nitrogen and oxygen atoms in total. The van der Waals surface area contributed by atoms with Crippen molar-refractivity contribution in [3.63, 3.8) is 0 Å².